The van der Waals surface area contributed by atoms with Gasteiger partial charge in [0.25, 0.3) is 0 Å². The van der Waals surface area contributed by atoms with Gasteiger partial charge in [0.2, 0.25) is 17.7 Å². The molecule has 37 heavy (non-hydrogen) atoms. The van der Waals surface area contributed by atoms with Crippen LogP contribution < -0.4 is 21.7 Å². The van der Waals surface area contributed by atoms with Gasteiger partial charge in [-0.2, -0.15) is 0 Å². The monoisotopic (exact) mass is 519 g/mol. The lowest BCUT2D eigenvalue weighted by Crippen LogP contribution is -2.58. The predicted molar refractivity (Wildman–Crippen MR) is 132 cm³/mol. The number of H-pyrrole nitrogens is 1. The Morgan fingerprint density at radius 2 is 1.51 bits per heavy atom. The molecule has 13 heteroatoms. The van der Waals surface area contributed by atoms with Gasteiger partial charge in [0.1, 0.15) is 18.1 Å². The first kappa shape index (κ1) is 29.3. The van der Waals surface area contributed by atoms with E-state index in [0.29, 0.717) is 5.56 Å². The normalized spacial score (nSPS) is 14.4. The average Bonchev–Trinajstić information content (AvgIpc) is 3.26. The topological polar surface area (TPSA) is 224 Å². The molecular formula is C24H33N5O8. The Balaban J connectivity index is 2.11. The van der Waals surface area contributed by atoms with Crippen LogP contribution in [0.15, 0.2) is 30.5 Å². The number of benzene rings is 1. The van der Waals surface area contributed by atoms with Crippen molar-refractivity contribution >= 4 is 40.6 Å². The van der Waals surface area contributed by atoms with E-state index in [9.17, 15) is 34.2 Å². The number of nitrogens with two attached hydrogens (primary N) is 1. The number of hydrogen-bond donors (Lipinski definition) is 8. The minimum absolute atomic E-state index is 0.0679. The number of aliphatic hydroxyl groups is 1. The molecule has 9 N–H and O–H groups in total. The highest BCUT2D eigenvalue weighted by Gasteiger charge is 2.31. The van der Waals surface area contributed by atoms with E-state index in [-0.39, 0.29) is 18.8 Å². The zero-order valence-corrected chi connectivity index (χ0v) is 20.6. The van der Waals surface area contributed by atoms with Crippen molar-refractivity contribution in [3.8, 4) is 0 Å². The second-order valence-electron chi connectivity index (χ2n) is 8.97. The summed E-state index contributed by atoms with van der Waals surface area (Å²) in [7, 11) is 0. The number of nitrogens with one attached hydrogen (secondary N) is 4. The first-order chi connectivity index (χ1) is 17.4. The third-order valence-corrected chi connectivity index (χ3v) is 5.83. The van der Waals surface area contributed by atoms with Crippen molar-refractivity contribution in [2.75, 3.05) is 6.61 Å². The lowest BCUT2D eigenvalue weighted by atomic mass is 10.0. The highest BCUT2D eigenvalue weighted by Crippen LogP contribution is 2.19. The molecule has 4 unspecified atom stereocenters. The Bertz CT molecular complexity index is 1130. The Kier molecular flexibility index (Phi) is 10.6. The van der Waals surface area contributed by atoms with E-state index >= 15 is 0 Å². The number of carboxylic acid groups (broad SMARTS) is 2. The lowest BCUT2D eigenvalue weighted by Gasteiger charge is -2.24. The van der Waals surface area contributed by atoms with Crippen molar-refractivity contribution in [3.05, 3.63) is 36.0 Å². The van der Waals surface area contributed by atoms with Crippen LogP contribution in [0.4, 0.5) is 0 Å². The lowest BCUT2D eigenvalue weighted by molar-refractivity contribution is -0.142. The van der Waals surface area contributed by atoms with E-state index in [1.807, 2.05) is 12.1 Å². The molecule has 1 heterocycles. The second kappa shape index (κ2) is 13.4. The molecule has 0 aliphatic rings. The number of aliphatic carboxylic acids is 2. The standard InChI is InChI=1S/C24H33N5O8/c1-12(2)20(25)23(35)27-16(7-8-19(31)32)21(33)29-18(11-30)22(34)28-17(24(36)37)9-13-10-26-15-6-4-3-5-14(13)15/h3-6,10,12,16-18,20,26,30H,7-9,11,25H2,1-2H3,(H,27,35)(H,28,34)(H,29,33)(H,31,32)(H,36,37). The number of carboxylic acids is 2. The van der Waals surface area contributed by atoms with E-state index in [2.05, 4.69) is 20.9 Å². The molecule has 202 valence electrons. The van der Waals surface area contributed by atoms with Crippen LogP contribution in [-0.4, -0.2) is 80.7 Å². The van der Waals surface area contributed by atoms with Gasteiger partial charge in [-0.25, -0.2) is 4.79 Å². The van der Waals surface area contributed by atoms with Crippen molar-refractivity contribution in [1.29, 1.82) is 0 Å². The SMILES string of the molecule is CC(C)C(N)C(=O)NC(CCC(=O)O)C(=O)NC(CO)C(=O)NC(Cc1c[nH]c2ccccc12)C(=O)O. The van der Waals surface area contributed by atoms with Gasteiger partial charge >= 0.3 is 11.9 Å². The highest BCUT2D eigenvalue weighted by atomic mass is 16.4. The van der Waals surface area contributed by atoms with Gasteiger partial charge in [-0.3, -0.25) is 19.2 Å². The number of hydrogen-bond acceptors (Lipinski definition) is 7. The molecule has 0 saturated heterocycles. The Hall–Kier alpha value is -3.97. The summed E-state index contributed by atoms with van der Waals surface area (Å²) in [5.41, 5.74) is 7.23. The van der Waals surface area contributed by atoms with Gasteiger partial charge in [-0.15, -0.1) is 0 Å². The fraction of sp³-hybridized carbons (Fsp3) is 0.458. The largest absolute Gasteiger partial charge is 0.481 e. The molecule has 0 aliphatic heterocycles. The average molecular weight is 520 g/mol. The molecule has 2 rings (SSSR count). The van der Waals surface area contributed by atoms with E-state index in [1.165, 1.54) is 0 Å². The molecule has 2 aromatic rings. The van der Waals surface area contributed by atoms with Crippen molar-refractivity contribution < 1.29 is 39.3 Å². The first-order valence-electron chi connectivity index (χ1n) is 11.7. The minimum atomic E-state index is -1.56. The summed E-state index contributed by atoms with van der Waals surface area (Å²) < 4.78 is 0. The molecule has 3 amide bonds. The first-order valence-corrected chi connectivity index (χ1v) is 11.7. The van der Waals surface area contributed by atoms with Gasteiger partial charge in [-0.05, 0) is 24.0 Å². The van der Waals surface area contributed by atoms with Crippen molar-refractivity contribution in [2.24, 2.45) is 11.7 Å². The van der Waals surface area contributed by atoms with Gasteiger partial charge in [0, 0.05) is 29.9 Å². The number of aliphatic hydroxyl groups excluding tert-OH is 1. The summed E-state index contributed by atoms with van der Waals surface area (Å²) in [6, 6.07) is 1.99. The van der Waals surface area contributed by atoms with Crippen LogP contribution in [0.25, 0.3) is 10.9 Å². The smallest absolute Gasteiger partial charge is 0.326 e. The minimum Gasteiger partial charge on any atom is -0.481 e. The number of carbonyl (C=O) groups is 5. The summed E-state index contributed by atoms with van der Waals surface area (Å²) in [5, 5.41) is 36.1. The summed E-state index contributed by atoms with van der Waals surface area (Å²) in [4.78, 5) is 63.8. The second-order valence-corrected chi connectivity index (χ2v) is 8.97. The van der Waals surface area contributed by atoms with Gasteiger partial charge < -0.3 is 42.0 Å². The van der Waals surface area contributed by atoms with Gasteiger partial charge in [0.15, 0.2) is 0 Å². The van der Waals surface area contributed by atoms with E-state index in [1.54, 1.807) is 32.2 Å². The predicted octanol–water partition coefficient (Wildman–Crippen LogP) is -0.910. The summed E-state index contributed by atoms with van der Waals surface area (Å²) in [6.45, 7) is 2.51. The molecule has 13 nitrogen and oxygen atoms in total. The third-order valence-electron chi connectivity index (χ3n) is 5.83. The van der Waals surface area contributed by atoms with Crippen LogP contribution in [0.3, 0.4) is 0 Å². The molecule has 1 aromatic heterocycles. The molecule has 4 atom stereocenters. The molecule has 0 spiro atoms. The third kappa shape index (κ3) is 8.29. The van der Waals surface area contributed by atoms with E-state index in [4.69, 9.17) is 10.8 Å². The van der Waals surface area contributed by atoms with E-state index < -0.39 is 66.9 Å². The maximum Gasteiger partial charge on any atom is 0.326 e. The molecule has 0 radical (unpaired) electrons. The number of para-hydroxylation sites is 1. The van der Waals surface area contributed by atoms with Crippen LogP contribution in [0.5, 0.6) is 0 Å². The quantitative estimate of drug-likeness (QED) is 0.154. The molecule has 1 aromatic carbocycles. The number of rotatable bonds is 14. The summed E-state index contributed by atoms with van der Waals surface area (Å²) in [6.07, 6.45) is 0.810. The Morgan fingerprint density at radius 1 is 0.919 bits per heavy atom. The van der Waals surface area contributed by atoms with Crippen LogP contribution in [0.2, 0.25) is 0 Å². The number of amides is 3. The Morgan fingerprint density at radius 3 is 2.11 bits per heavy atom. The molecule has 0 aliphatic carbocycles. The maximum atomic E-state index is 12.8. The van der Waals surface area contributed by atoms with Crippen LogP contribution >= 0.6 is 0 Å². The molecule has 0 bridgehead atoms. The van der Waals surface area contributed by atoms with Crippen LogP contribution in [0.1, 0.15) is 32.3 Å². The number of fused-ring (bicyclic) bond motifs is 1. The number of aromatic amines is 1. The molecule has 0 saturated carbocycles. The highest BCUT2D eigenvalue weighted by molar-refractivity contribution is 5.94. The fourth-order valence-electron chi connectivity index (χ4n) is 3.57. The summed E-state index contributed by atoms with van der Waals surface area (Å²) in [5.74, 6) is -5.37. The molecular weight excluding hydrogens is 486 g/mol. The van der Waals surface area contributed by atoms with Crippen LogP contribution in [-0.2, 0) is 30.4 Å². The maximum absolute atomic E-state index is 12.8. The van der Waals surface area contributed by atoms with Gasteiger partial charge in [-0.1, -0.05) is 32.0 Å². The van der Waals surface area contributed by atoms with Crippen molar-refractivity contribution in [2.45, 2.75) is 57.3 Å². The summed E-state index contributed by atoms with van der Waals surface area (Å²) >= 11 is 0. The Labute approximate surface area is 212 Å². The molecule has 0 fully saturated rings. The van der Waals surface area contributed by atoms with Crippen molar-refractivity contribution in [1.82, 2.24) is 20.9 Å². The fourth-order valence-corrected chi connectivity index (χ4v) is 3.57. The number of carbonyl (C=O) groups excluding carboxylic acids is 3. The number of aromatic nitrogens is 1. The zero-order valence-electron chi connectivity index (χ0n) is 20.6. The van der Waals surface area contributed by atoms with E-state index in [0.717, 1.165) is 10.9 Å². The van der Waals surface area contributed by atoms with Gasteiger partial charge in [0.05, 0.1) is 12.6 Å². The van der Waals surface area contributed by atoms with Crippen LogP contribution in [0, 0.1) is 5.92 Å². The van der Waals surface area contributed by atoms with Crippen molar-refractivity contribution in [3.63, 3.8) is 0 Å². The zero-order chi connectivity index (χ0) is 27.7.